The number of hydrogen-bond acceptors (Lipinski definition) is 3. The molecule has 2 heterocycles. The Bertz CT molecular complexity index is 610. The Kier molecular flexibility index (Phi) is 5.25. The van der Waals surface area contributed by atoms with Crippen LogP contribution >= 0.6 is 0 Å². The summed E-state index contributed by atoms with van der Waals surface area (Å²) in [5, 5.41) is 9.67. The number of aryl methyl sites for hydroxylation is 4. The summed E-state index contributed by atoms with van der Waals surface area (Å²) in [5.74, 6) is 0.745. The van der Waals surface area contributed by atoms with Gasteiger partial charge in [0, 0.05) is 37.1 Å². The third-order valence-corrected chi connectivity index (χ3v) is 3.87. The van der Waals surface area contributed by atoms with E-state index < -0.39 is 0 Å². The minimum atomic E-state index is -0.167. The summed E-state index contributed by atoms with van der Waals surface area (Å²) in [6, 6.07) is 4.08. The average Bonchev–Trinajstić information content (AvgIpc) is 3.01. The van der Waals surface area contributed by atoms with Gasteiger partial charge in [-0.3, -0.25) is 0 Å². The number of carbonyl (C=O) groups excluding carboxylic acids is 1. The highest BCUT2D eigenvalue weighted by Crippen LogP contribution is 2.11. The lowest BCUT2D eigenvalue weighted by molar-refractivity contribution is 0.236. The number of rotatable bonds is 6. The van der Waals surface area contributed by atoms with Gasteiger partial charge in [0.25, 0.3) is 0 Å². The fraction of sp³-hybridized carbons (Fsp3) is 0.500. The Labute approximate surface area is 130 Å². The smallest absolute Gasteiger partial charge is 0.315 e. The Morgan fingerprint density at radius 1 is 1.45 bits per heavy atom. The van der Waals surface area contributed by atoms with Gasteiger partial charge in [-0.25, -0.2) is 4.79 Å². The first-order valence-corrected chi connectivity index (χ1v) is 7.53. The van der Waals surface area contributed by atoms with Gasteiger partial charge in [-0.1, -0.05) is 5.16 Å². The van der Waals surface area contributed by atoms with Crippen molar-refractivity contribution < 1.29 is 9.32 Å². The Hall–Kier alpha value is -2.24. The molecule has 2 amide bonds. The maximum absolute atomic E-state index is 11.9. The van der Waals surface area contributed by atoms with Gasteiger partial charge in [0.2, 0.25) is 0 Å². The van der Waals surface area contributed by atoms with E-state index in [1.54, 1.807) is 0 Å². The number of hydrogen-bond donors (Lipinski definition) is 2. The van der Waals surface area contributed by atoms with Crippen molar-refractivity contribution in [2.24, 2.45) is 7.05 Å². The van der Waals surface area contributed by atoms with Gasteiger partial charge in [-0.2, -0.15) is 0 Å². The van der Waals surface area contributed by atoms with E-state index in [0.29, 0.717) is 6.54 Å². The largest absolute Gasteiger partial charge is 0.361 e. The third kappa shape index (κ3) is 4.13. The molecule has 0 spiro atoms. The molecule has 120 valence electrons. The number of nitrogens with one attached hydrogen (secondary N) is 2. The zero-order valence-electron chi connectivity index (χ0n) is 13.6. The summed E-state index contributed by atoms with van der Waals surface area (Å²) in [6.07, 6.45) is 3.87. The second-order valence-corrected chi connectivity index (χ2v) is 5.68. The van der Waals surface area contributed by atoms with Crippen LogP contribution in [0.15, 0.2) is 22.9 Å². The van der Waals surface area contributed by atoms with Crippen LogP contribution in [0.3, 0.4) is 0 Å². The van der Waals surface area contributed by atoms with E-state index in [2.05, 4.69) is 26.4 Å². The molecule has 0 aliphatic carbocycles. The van der Waals surface area contributed by atoms with Crippen LogP contribution in [0, 0.1) is 13.8 Å². The van der Waals surface area contributed by atoms with E-state index >= 15 is 0 Å². The third-order valence-electron chi connectivity index (χ3n) is 3.87. The van der Waals surface area contributed by atoms with E-state index in [1.165, 1.54) is 5.69 Å². The first-order valence-electron chi connectivity index (χ1n) is 7.53. The van der Waals surface area contributed by atoms with Crippen LogP contribution in [0.1, 0.15) is 36.1 Å². The van der Waals surface area contributed by atoms with Crippen LogP contribution in [0.25, 0.3) is 0 Å². The predicted molar refractivity (Wildman–Crippen MR) is 84.5 cm³/mol. The van der Waals surface area contributed by atoms with Gasteiger partial charge in [0.15, 0.2) is 0 Å². The Balaban J connectivity index is 1.73. The summed E-state index contributed by atoms with van der Waals surface area (Å²) >= 11 is 0. The van der Waals surface area contributed by atoms with Crippen LogP contribution in [0.4, 0.5) is 4.79 Å². The molecule has 0 aliphatic heterocycles. The molecule has 2 N–H and O–H groups in total. The Morgan fingerprint density at radius 3 is 2.82 bits per heavy atom. The summed E-state index contributed by atoms with van der Waals surface area (Å²) in [5.41, 5.74) is 3.02. The highest BCUT2D eigenvalue weighted by atomic mass is 16.5. The van der Waals surface area contributed by atoms with Crippen molar-refractivity contribution in [3.8, 4) is 0 Å². The van der Waals surface area contributed by atoms with Crippen molar-refractivity contribution in [3.05, 3.63) is 41.0 Å². The molecular weight excluding hydrogens is 280 g/mol. The molecule has 6 heteroatoms. The highest BCUT2D eigenvalue weighted by Gasteiger charge is 2.12. The number of nitrogens with zero attached hydrogens (tertiary/aromatic N) is 2. The van der Waals surface area contributed by atoms with Crippen molar-refractivity contribution in [1.29, 1.82) is 0 Å². The van der Waals surface area contributed by atoms with Crippen molar-refractivity contribution in [2.45, 2.75) is 46.2 Å². The highest BCUT2D eigenvalue weighted by molar-refractivity contribution is 5.74. The standard InChI is InChI=1S/C16H24N4O2/c1-11(7-8-14-6-5-9-20(14)4)18-16(21)17-10-15-12(2)19-22-13(15)3/h5-6,9,11H,7-8,10H2,1-4H3,(H2,17,18,21). The van der Waals surface area contributed by atoms with Crippen molar-refractivity contribution in [3.63, 3.8) is 0 Å². The second kappa shape index (κ2) is 7.15. The van der Waals surface area contributed by atoms with Crippen LogP contribution in [0.2, 0.25) is 0 Å². The fourth-order valence-electron chi connectivity index (χ4n) is 2.39. The lowest BCUT2D eigenvalue weighted by Crippen LogP contribution is -2.40. The van der Waals surface area contributed by atoms with Gasteiger partial charge in [0.1, 0.15) is 5.76 Å². The molecule has 0 radical (unpaired) electrons. The first-order chi connectivity index (χ1) is 10.5. The van der Waals surface area contributed by atoms with E-state index in [0.717, 1.165) is 29.9 Å². The van der Waals surface area contributed by atoms with Crippen LogP contribution < -0.4 is 10.6 Å². The normalized spacial score (nSPS) is 12.2. The number of amides is 2. The minimum Gasteiger partial charge on any atom is -0.361 e. The maximum Gasteiger partial charge on any atom is 0.315 e. The topological polar surface area (TPSA) is 72.1 Å². The summed E-state index contributed by atoms with van der Waals surface area (Å²) in [6.45, 7) is 6.15. The van der Waals surface area contributed by atoms with Gasteiger partial charge in [-0.05, 0) is 45.7 Å². The molecule has 0 saturated heterocycles. The minimum absolute atomic E-state index is 0.111. The molecule has 0 fully saturated rings. The maximum atomic E-state index is 11.9. The quantitative estimate of drug-likeness (QED) is 0.861. The monoisotopic (exact) mass is 304 g/mol. The summed E-state index contributed by atoms with van der Waals surface area (Å²) in [4.78, 5) is 11.9. The molecule has 2 rings (SSSR count). The van der Waals surface area contributed by atoms with Gasteiger partial charge < -0.3 is 19.7 Å². The predicted octanol–water partition coefficient (Wildman–Crippen LogP) is 2.45. The van der Waals surface area contributed by atoms with E-state index in [9.17, 15) is 4.79 Å². The summed E-state index contributed by atoms with van der Waals surface area (Å²) < 4.78 is 7.18. The molecule has 0 bridgehead atoms. The lowest BCUT2D eigenvalue weighted by Gasteiger charge is -2.15. The Morgan fingerprint density at radius 2 is 2.23 bits per heavy atom. The number of urea groups is 1. The molecule has 2 aromatic rings. The molecular formula is C16H24N4O2. The van der Waals surface area contributed by atoms with Crippen molar-refractivity contribution in [1.82, 2.24) is 20.4 Å². The first kappa shape index (κ1) is 16.1. The molecule has 6 nitrogen and oxygen atoms in total. The van der Waals surface area contributed by atoms with Crippen molar-refractivity contribution in [2.75, 3.05) is 0 Å². The molecule has 1 unspecified atom stereocenters. The van der Waals surface area contributed by atoms with Gasteiger partial charge >= 0.3 is 6.03 Å². The van der Waals surface area contributed by atoms with Gasteiger partial charge in [-0.15, -0.1) is 0 Å². The molecule has 2 aromatic heterocycles. The molecule has 0 aliphatic rings. The SMILES string of the molecule is Cc1noc(C)c1CNC(=O)NC(C)CCc1cccn1C. The van der Waals surface area contributed by atoms with Crippen LogP contribution in [-0.4, -0.2) is 21.8 Å². The van der Waals surface area contributed by atoms with Crippen molar-refractivity contribution >= 4 is 6.03 Å². The lowest BCUT2D eigenvalue weighted by atomic mass is 10.1. The molecule has 0 saturated carbocycles. The number of aromatic nitrogens is 2. The zero-order valence-corrected chi connectivity index (χ0v) is 13.6. The van der Waals surface area contributed by atoms with E-state index in [1.807, 2.05) is 40.1 Å². The average molecular weight is 304 g/mol. The zero-order chi connectivity index (χ0) is 16.1. The van der Waals surface area contributed by atoms with E-state index in [-0.39, 0.29) is 12.1 Å². The van der Waals surface area contributed by atoms with E-state index in [4.69, 9.17) is 4.52 Å². The van der Waals surface area contributed by atoms with Crippen LogP contribution in [-0.2, 0) is 20.0 Å². The summed E-state index contributed by atoms with van der Waals surface area (Å²) in [7, 11) is 2.03. The number of carbonyl (C=O) groups is 1. The molecule has 22 heavy (non-hydrogen) atoms. The van der Waals surface area contributed by atoms with Crippen LogP contribution in [0.5, 0.6) is 0 Å². The molecule has 0 aromatic carbocycles. The second-order valence-electron chi connectivity index (χ2n) is 5.68. The van der Waals surface area contributed by atoms with Gasteiger partial charge in [0.05, 0.1) is 5.69 Å². The fourth-order valence-corrected chi connectivity index (χ4v) is 2.39. The molecule has 1 atom stereocenters.